The van der Waals surface area contributed by atoms with Crippen molar-refractivity contribution in [3.8, 4) is 0 Å². The summed E-state index contributed by atoms with van der Waals surface area (Å²) in [6.45, 7) is 6.60. The maximum absolute atomic E-state index is 12.8. The summed E-state index contributed by atoms with van der Waals surface area (Å²) in [7, 11) is 0. The number of hydrogen-bond donors (Lipinski definition) is 0. The highest BCUT2D eigenvalue weighted by molar-refractivity contribution is 5.71. The molecule has 6 nitrogen and oxygen atoms in total. The van der Waals surface area contributed by atoms with Gasteiger partial charge in [-0.1, -0.05) is 224 Å². The Hall–Kier alpha value is -2.37. The van der Waals surface area contributed by atoms with Gasteiger partial charge >= 0.3 is 17.9 Å². The Labute approximate surface area is 378 Å². The van der Waals surface area contributed by atoms with Gasteiger partial charge < -0.3 is 14.2 Å². The molecule has 356 valence electrons. The molecule has 0 aromatic rings. The molecule has 6 heteroatoms. The molecule has 0 saturated heterocycles. The number of ether oxygens (including phenoxy) is 3. The number of rotatable bonds is 48. The third-order valence-corrected chi connectivity index (χ3v) is 11.6. The van der Waals surface area contributed by atoms with Gasteiger partial charge in [0.05, 0.1) is 0 Å². The number of unbranched alkanes of at least 4 members (excludes halogenated alkanes) is 31. The Bertz CT molecular complexity index is 1030. The molecule has 0 bridgehead atoms. The second-order valence-electron chi connectivity index (χ2n) is 17.8. The fourth-order valence-corrected chi connectivity index (χ4v) is 7.57. The second kappa shape index (κ2) is 50.3. The van der Waals surface area contributed by atoms with Gasteiger partial charge in [-0.2, -0.15) is 0 Å². The SMILES string of the molecule is CCCC/C=C\C/C=C\CCCCCCCC(=O)OC(COC(=O)CCCCCCCCC/C=C\CCCCCCCC)COC(=O)CCCCCCCCCCCCCC. The van der Waals surface area contributed by atoms with Crippen LogP contribution in [-0.2, 0) is 28.6 Å². The van der Waals surface area contributed by atoms with Crippen molar-refractivity contribution in [1.29, 1.82) is 0 Å². The average molecular weight is 857 g/mol. The third kappa shape index (κ3) is 48.5. The summed E-state index contributed by atoms with van der Waals surface area (Å²) >= 11 is 0. The van der Waals surface area contributed by atoms with E-state index >= 15 is 0 Å². The lowest BCUT2D eigenvalue weighted by Gasteiger charge is -2.18. The van der Waals surface area contributed by atoms with Gasteiger partial charge in [0.1, 0.15) is 13.2 Å². The van der Waals surface area contributed by atoms with E-state index in [1.54, 1.807) is 0 Å². The summed E-state index contributed by atoms with van der Waals surface area (Å²) in [5.41, 5.74) is 0. The quantitative estimate of drug-likeness (QED) is 0.0262. The van der Waals surface area contributed by atoms with Gasteiger partial charge in [-0.3, -0.25) is 14.4 Å². The first kappa shape index (κ1) is 58.6. The normalized spacial score (nSPS) is 12.2. The molecule has 0 aromatic carbocycles. The first-order valence-corrected chi connectivity index (χ1v) is 26.5. The summed E-state index contributed by atoms with van der Waals surface area (Å²) in [5, 5.41) is 0. The molecule has 0 N–H and O–H groups in total. The molecule has 61 heavy (non-hydrogen) atoms. The Kier molecular flexibility index (Phi) is 48.3. The standard InChI is InChI=1S/C55H100O6/c1-4-7-10-13-16-19-22-25-27-28-29-31-33-36-39-42-45-48-54(57)60-51-52(50-59-53(56)47-44-41-38-35-32-24-21-18-15-12-9-6-3)61-55(58)49-46-43-40-37-34-30-26-23-20-17-14-11-8-5-2/h14,17,23,25-27,52H,4-13,15-16,18-22,24,28-51H2,1-3H3/b17-14-,26-23-,27-25-. The predicted octanol–water partition coefficient (Wildman–Crippen LogP) is 17.3. The van der Waals surface area contributed by atoms with Crippen LogP contribution >= 0.6 is 0 Å². The van der Waals surface area contributed by atoms with E-state index in [2.05, 4.69) is 57.2 Å². The summed E-state index contributed by atoms with van der Waals surface area (Å²) in [4.78, 5) is 38.0. The number of carbonyl (C=O) groups is 3. The second-order valence-corrected chi connectivity index (χ2v) is 17.8. The van der Waals surface area contributed by atoms with E-state index < -0.39 is 6.10 Å². The van der Waals surface area contributed by atoms with E-state index in [1.165, 1.54) is 154 Å². The van der Waals surface area contributed by atoms with Crippen molar-refractivity contribution in [2.75, 3.05) is 13.2 Å². The molecular weight excluding hydrogens is 757 g/mol. The number of carbonyl (C=O) groups excluding carboxylic acids is 3. The van der Waals surface area contributed by atoms with Gasteiger partial charge in [-0.15, -0.1) is 0 Å². The van der Waals surface area contributed by atoms with Crippen LogP contribution < -0.4 is 0 Å². The molecule has 0 heterocycles. The highest BCUT2D eigenvalue weighted by Crippen LogP contribution is 2.15. The van der Waals surface area contributed by atoms with E-state index in [-0.39, 0.29) is 31.1 Å². The number of esters is 3. The summed E-state index contributed by atoms with van der Waals surface area (Å²) in [6.07, 6.45) is 58.4. The van der Waals surface area contributed by atoms with Gasteiger partial charge in [-0.05, 0) is 70.6 Å². The third-order valence-electron chi connectivity index (χ3n) is 11.6. The maximum atomic E-state index is 12.8. The van der Waals surface area contributed by atoms with Crippen LogP contribution in [0.25, 0.3) is 0 Å². The molecule has 0 aliphatic heterocycles. The van der Waals surface area contributed by atoms with Gasteiger partial charge in [-0.25, -0.2) is 0 Å². The zero-order chi connectivity index (χ0) is 44.4. The Morgan fingerprint density at radius 3 is 0.967 bits per heavy atom. The van der Waals surface area contributed by atoms with Crippen molar-refractivity contribution in [3.05, 3.63) is 36.5 Å². The van der Waals surface area contributed by atoms with E-state index in [0.29, 0.717) is 19.3 Å². The smallest absolute Gasteiger partial charge is 0.306 e. The van der Waals surface area contributed by atoms with E-state index in [0.717, 1.165) is 83.5 Å². The van der Waals surface area contributed by atoms with Crippen LogP contribution in [0, 0.1) is 0 Å². The molecule has 0 aliphatic carbocycles. The summed E-state index contributed by atoms with van der Waals surface area (Å²) in [5.74, 6) is -0.884. The van der Waals surface area contributed by atoms with Crippen LogP contribution in [0.15, 0.2) is 36.5 Å². The van der Waals surface area contributed by atoms with Crippen LogP contribution in [0.5, 0.6) is 0 Å². The Balaban J connectivity index is 4.36. The molecule has 0 amide bonds. The zero-order valence-corrected chi connectivity index (χ0v) is 40.7. The number of hydrogen-bond acceptors (Lipinski definition) is 6. The molecule has 0 saturated carbocycles. The molecule has 1 atom stereocenters. The largest absolute Gasteiger partial charge is 0.462 e. The minimum Gasteiger partial charge on any atom is -0.462 e. The van der Waals surface area contributed by atoms with Crippen LogP contribution in [0.3, 0.4) is 0 Å². The van der Waals surface area contributed by atoms with Crippen molar-refractivity contribution in [1.82, 2.24) is 0 Å². The van der Waals surface area contributed by atoms with Crippen molar-refractivity contribution in [2.45, 2.75) is 284 Å². The minimum absolute atomic E-state index is 0.0763. The van der Waals surface area contributed by atoms with Crippen molar-refractivity contribution in [2.24, 2.45) is 0 Å². The maximum Gasteiger partial charge on any atom is 0.306 e. The lowest BCUT2D eigenvalue weighted by Crippen LogP contribution is -2.30. The van der Waals surface area contributed by atoms with Crippen LogP contribution in [0.1, 0.15) is 278 Å². The lowest BCUT2D eigenvalue weighted by atomic mass is 10.0. The number of allylic oxidation sites excluding steroid dienone is 6. The van der Waals surface area contributed by atoms with Gasteiger partial charge in [0, 0.05) is 19.3 Å². The summed E-state index contributed by atoms with van der Waals surface area (Å²) in [6, 6.07) is 0. The van der Waals surface area contributed by atoms with Gasteiger partial charge in [0.2, 0.25) is 0 Å². The van der Waals surface area contributed by atoms with Crippen LogP contribution in [-0.4, -0.2) is 37.2 Å². The predicted molar refractivity (Wildman–Crippen MR) is 261 cm³/mol. The summed E-state index contributed by atoms with van der Waals surface area (Å²) < 4.78 is 16.8. The van der Waals surface area contributed by atoms with E-state index in [9.17, 15) is 14.4 Å². The molecule has 0 aliphatic rings. The molecule has 0 spiro atoms. The topological polar surface area (TPSA) is 78.9 Å². The highest BCUT2D eigenvalue weighted by Gasteiger charge is 2.19. The van der Waals surface area contributed by atoms with E-state index in [4.69, 9.17) is 14.2 Å². The molecule has 0 fully saturated rings. The van der Waals surface area contributed by atoms with E-state index in [1.807, 2.05) is 0 Å². The first-order valence-electron chi connectivity index (χ1n) is 26.5. The molecule has 0 aromatic heterocycles. The Morgan fingerprint density at radius 2 is 0.607 bits per heavy atom. The van der Waals surface area contributed by atoms with Gasteiger partial charge in [0.15, 0.2) is 6.10 Å². The zero-order valence-electron chi connectivity index (χ0n) is 40.7. The fraction of sp³-hybridized carbons (Fsp3) is 0.836. The molecule has 1 unspecified atom stereocenters. The van der Waals surface area contributed by atoms with Crippen molar-refractivity contribution < 1.29 is 28.6 Å². The fourth-order valence-electron chi connectivity index (χ4n) is 7.57. The molecule has 0 radical (unpaired) electrons. The monoisotopic (exact) mass is 857 g/mol. The highest BCUT2D eigenvalue weighted by atomic mass is 16.6. The first-order chi connectivity index (χ1) is 30.0. The minimum atomic E-state index is -0.777. The Morgan fingerprint density at radius 1 is 0.328 bits per heavy atom. The van der Waals surface area contributed by atoms with Crippen LogP contribution in [0.2, 0.25) is 0 Å². The lowest BCUT2D eigenvalue weighted by molar-refractivity contribution is -0.167. The van der Waals surface area contributed by atoms with Crippen molar-refractivity contribution in [3.63, 3.8) is 0 Å². The van der Waals surface area contributed by atoms with Crippen LogP contribution in [0.4, 0.5) is 0 Å². The average Bonchev–Trinajstić information content (AvgIpc) is 3.26. The molecule has 0 rings (SSSR count). The van der Waals surface area contributed by atoms with Crippen molar-refractivity contribution >= 4 is 17.9 Å². The molecular formula is C55H100O6. The van der Waals surface area contributed by atoms with Gasteiger partial charge in [0.25, 0.3) is 0 Å².